The summed E-state index contributed by atoms with van der Waals surface area (Å²) in [6.45, 7) is 6.64. The van der Waals surface area contributed by atoms with Gasteiger partial charge in [-0.3, -0.25) is 4.79 Å². The van der Waals surface area contributed by atoms with Crippen LogP contribution in [-0.2, 0) is 11.2 Å². The molecule has 2 aromatic carbocycles. The summed E-state index contributed by atoms with van der Waals surface area (Å²) >= 11 is 3.45. The van der Waals surface area contributed by atoms with Crippen LogP contribution in [0.5, 0.6) is 0 Å². The second-order valence-electron chi connectivity index (χ2n) is 7.38. The summed E-state index contributed by atoms with van der Waals surface area (Å²) in [6.07, 6.45) is 2.99. The highest BCUT2D eigenvalue weighted by atomic mass is 79.9. The minimum atomic E-state index is 0.00369. The standard InChI is InChI=1S/C22H27BrN2O/c1-16-5-4-12-25(15-16)21-10-8-19(9-11-21)17(2)24-22(26)14-18-6-3-7-20(23)13-18/h3,6-11,13,16-17H,4-5,12,14-15H2,1-2H3,(H,24,26)/t16-,17+/m0/s1. The van der Waals surface area contributed by atoms with E-state index >= 15 is 0 Å². The first-order chi connectivity index (χ1) is 12.5. The number of carbonyl (C=O) groups excluding carboxylic acids is 1. The van der Waals surface area contributed by atoms with E-state index < -0.39 is 0 Å². The summed E-state index contributed by atoms with van der Waals surface area (Å²) in [4.78, 5) is 14.8. The van der Waals surface area contributed by atoms with Gasteiger partial charge in [0.05, 0.1) is 12.5 Å². The number of hydrogen-bond acceptors (Lipinski definition) is 2. The molecule has 0 bridgehead atoms. The lowest BCUT2D eigenvalue weighted by Gasteiger charge is -2.33. The number of nitrogens with zero attached hydrogens (tertiary/aromatic N) is 1. The molecule has 0 saturated carbocycles. The second kappa shape index (κ2) is 8.72. The van der Waals surface area contributed by atoms with Gasteiger partial charge in [0.25, 0.3) is 0 Å². The van der Waals surface area contributed by atoms with Crippen molar-refractivity contribution in [1.29, 1.82) is 0 Å². The van der Waals surface area contributed by atoms with Gasteiger partial charge in [-0.2, -0.15) is 0 Å². The summed E-state index contributed by atoms with van der Waals surface area (Å²) < 4.78 is 0.999. The molecule has 1 fully saturated rings. The number of nitrogens with one attached hydrogen (secondary N) is 1. The Hall–Kier alpha value is -1.81. The van der Waals surface area contributed by atoms with Gasteiger partial charge in [0, 0.05) is 23.2 Å². The Morgan fingerprint density at radius 2 is 2.04 bits per heavy atom. The monoisotopic (exact) mass is 414 g/mol. The van der Waals surface area contributed by atoms with Gasteiger partial charge in [-0.1, -0.05) is 47.1 Å². The van der Waals surface area contributed by atoms with Crippen LogP contribution >= 0.6 is 15.9 Å². The van der Waals surface area contributed by atoms with Crippen LogP contribution in [0.4, 0.5) is 5.69 Å². The third-order valence-electron chi connectivity index (χ3n) is 5.05. The molecule has 2 atom stereocenters. The summed E-state index contributed by atoms with van der Waals surface area (Å²) in [7, 11) is 0. The lowest BCUT2D eigenvalue weighted by Crippen LogP contribution is -2.34. The largest absolute Gasteiger partial charge is 0.371 e. The number of benzene rings is 2. The first-order valence-corrected chi connectivity index (χ1v) is 10.2. The Morgan fingerprint density at radius 1 is 1.27 bits per heavy atom. The second-order valence-corrected chi connectivity index (χ2v) is 8.30. The Labute approximate surface area is 164 Å². The van der Waals surface area contributed by atoms with Gasteiger partial charge in [-0.15, -0.1) is 0 Å². The Bertz CT molecular complexity index is 744. The molecule has 0 unspecified atom stereocenters. The van der Waals surface area contributed by atoms with E-state index in [9.17, 15) is 4.79 Å². The van der Waals surface area contributed by atoms with Crippen LogP contribution in [0.1, 0.15) is 43.9 Å². The predicted octanol–water partition coefficient (Wildman–Crippen LogP) is 5.11. The fourth-order valence-corrected chi connectivity index (χ4v) is 4.05. The number of rotatable bonds is 5. The Morgan fingerprint density at radius 3 is 2.73 bits per heavy atom. The van der Waals surface area contributed by atoms with Crippen molar-refractivity contribution < 1.29 is 4.79 Å². The van der Waals surface area contributed by atoms with Gasteiger partial charge in [-0.25, -0.2) is 0 Å². The van der Waals surface area contributed by atoms with Crippen molar-refractivity contribution in [3.63, 3.8) is 0 Å². The third-order valence-corrected chi connectivity index (χ3v) is 5.54. The molecule has 0 spiro atoms. The topological polar surface area (TPSA) is 32.3 Å². The van der Waals surface area contributed by atoms with Gasteiger partial charge < -0.3 is 10.2 Å². The molecule has 26 heavy (non-hydrogen) atoms. The molecule has 1 saturated heterocycles. The lowest BCUT2D eigenvalue weighted by molar-refractivity contribution is -0.121. The lowest BCUT2D eigenvalue weighted by atomic mass is 9.99. The minimum absolute atomic E-state index is 0.00369. The molecular weight excluding hydrogens is 388 g/mol. The first kappa shape index (κ1) is 19.0. The molecule has 3 rings (SSSR count). The molecule has 2 aromatic rings. The smallest absolute Gasteiger partial charge is 0.224 e. The maximum atomic E-state index is 12.3. The van der Waals surface area contributed by atoms with Gasteiger partial charge in [0.1, 0.15) is 0 Å². The van der Waals surface area contributed by atoms with Crippen molar-refractivity contribution in [3.05, 3.63) is 64.1 Å². The highest BCUT2D eigenvalue weighted by molar-refractivity contribution is 9.10. The van der Waals surface area contributed by atoms with Crippen molar-refractivity contribution in [2.24, 2.45) is 5.92 Å². The molecule has 1 N–H and O–H groups in total. The zero-order valence-corrected chi connectivity index (χ0v) is 17.1. The number of piperidine rings is 1. The summed E-state index contributed by atoms with van der Waals surface area (Å²) in [5.41, 5.74) is 3.44. The maximum Gasteiger partial charge on any atom is 0.224 e. The number of halogens is 1. The van der Waals surface area contributed by atoms with E-state index in [2.05, 4.69) is 57.3 Å². The molecule has 0 aromatic heterocycles. The van der Waals surface area contributed by atoms with Gasteiger partial charge >= 0.3 is 0 Å². The third kappa shape index (κ3) is 5.10. The quantitative estimate of drug-likeness (QED) is 0.737. The van der Waals surface area contributed by atoms with Gasteiger partial charge in [0.2, 0.25) is 5.91 Å². The number of hydrogen-bond donors (Lipinski definition) is 1. The van der Waals surface area contributed by atoms with E-state index in [0.29, 0.717) is 6.42 Å². The van der Waals surface area contributed by atoms with Crippen LogP contribution in [0.15, 0.2) is 53.0 Å². The molecule has 1 heterocycles. The fraction of sp³-hybridized carbons (Fsp3) is 0.409. The average molecular weight is 415 g/mol. The van der Waals surface area contributed by atoms with E-state index in [1.165, 1.54) is 18.5 Å². The number of carbonyl (C=O) groups is 1. The molecule has 138 valence electrons. The van der Waals surface area contributed by atoms with E-state index in [1.54, 1.807) is 0 Å². The van der Waals surface area contributed by atoms with Crippen molar-refractivity contribution in [3.8, 4) is 0 Å². The molecule has 0 aliphatic carbocycles. The fourth-order valence-electron chi connectivity index (χ4n) is 3.61. The molecule has 1 aliphatic rings. The number of anilines is 1. The normalized spacial score (nSPS) is 18.4. The van der Waals surface area contributed by atoms with Crippen LogP contribution in [0.25, 0.3) is 0 Å². The van der Waals surface area contributed by atoms with Gasteiger partial charge in [-0.05, 0) is 61.1 Å². The molecule has 4 heteroatoms. The van der Waals surface area contributed by atoms with Crippen molar-refractivity contribution >= 4 is 27.5 Å². The van der Waals surface area contributed by atoms with E-state index in [0.717, 1.165) is 34.6 Å². The molecule has 1 amide bonds. The van der Waals surface area contributed by atoms with Crippen LogP contribution in [0.2, 0.25) is 0 Å². The van der Waals surface area contributed by atoms with E-state index in [1.807, 2.05) is 31.2 Å². The first-order valence-electron chi connectivity index (χ1n) is 9.40. The minimum Gasteiger partial charge on any atom is -0.371 e. The summed E-state index contributed by atoms with van der Waals surface area (Å²) in [5, 5.41) is 3.10. The van der Waals surface area contributed by atoms with Crippen LogP contribution in [0.3, 0.4) is 0 Å². The SMILES string of the molecule is C[C@H]1CCCN(c2ccc([C@@H](C)NC(=O)Cc3cccc(Br)c3)cc2)C1. The van der Waals surface area contributed by atoms with Crippen molar-refractivity contribution in [2.45, 2.75) is 39.2 Å². The Balaban J connectivity index is 1.57. The predicted molar refractivity (Wildman–Crippen MR) is 111 cm³/mol. The van der Waals surface area contributed by atoms with Crippen molar-refractivity contribution in [2.75, 3.05) is 18.0 Å². The average Bonchev–Trinajstić information content (AvgIpc) is 2.61. The van der Waals surface area contributed by atoms with Crippen LogP contribution in [0, 0.1) is 5.92 Å². The zero-order valence-electron chi connectivity index (χ0n) is 15.5. The van der Waals surface area contributed by atoms with Crippen molar-refractivity contribution in [1.82, 2.24) is 5.32 Å². The number of amides is 1. The highest BCUT2D eigenvalue weighted by Crippen LogP contribution is 2.24. The van der Waals surface area contributed by atoms with E-state index in [4.69, 9.17) is 0 Å². The Kier molecular flexibility index (Phi) is 6.36. The molecular formula is C22H27BrN2O. The highest BCUT2D eigenvalue weighted by Gasteiger charge is 2.17. The van der Waals surface area contributed by atoms with Gasteiger partial charge in [0.15, 0.2) is 0 Å². The summed E-state index contributed by atoms with van der Waals surface area (Å²) in [6, 6.07) is 16.5. The van der Waals surface area contributed by atoms with Crippen LogP contribution < -0.4 is 10.2 Å². The van der Waals surface area contributed by atoms with Crippen LogP contribution in [-0.4, -0.2) is 19.0 Å². The zero-order chi connectivity index (χ0) is 18.5. The molecule has 3 nitrogen and oxygen atoms in total. The maximum absolute atomic E-state index is 12.3. The summed E-state index contributed by atoms with van der Waals surface area (Å²) in [5.74, 6) is 0.809. The molecule has 1 aliphatic heterocycles. The molecule has 0 radical (unpaired) electrons. The van der Waals surface area contributed by atoms with E-state index in [-0.39, 0.29) is 11.9 Å².